The maximum Gasteiger partial charge on any atom is 0.251 e. The van der Waals surface area contributed by atoms with Crippen molar-refractivity contribution in [3.8, 4) is 22.6 Å². The molecule has 2 aromatic carbocycles. The van der Waals surface area contributed by atoms with Crippen LogP contribution in [0.2, 0.25) is 0 Å². The molecule has 1 aliphatic carbocycles. The van der Waals surface area contributed by atoms with Crippen molar-refractivity contribution in [2.75, 3.05) is 19.2 Å². The maximum absolute atomic E-state index is 13.0. The summed E-state index contributed by atoms with van der Waals surface area (Å²) < 4.78 is 10.8. The Bertz CT molecular complexity index is 1160. The lowest BCUT2D eigenvalue weighted by atomic mass is 9.94. The number of aromatic nitrogens is 1. The third kappa shape index (κ3) is 3.48. The Balaban J connectivity index is 0.00000153. The van der Waals surface area contributed by atoms with Gasteiger partial charge in [-0.15, -0.1) is 0 Å². The summed E-state index contributed by atoms with van der Waals surface area (Å²) in [6, 6.07) is 16.7. The van der Waals surface area contributed by atoms with Gasteiger partial charge in [-0.25, -0.2) is 4.98 Å². The average molecular weight is 419 g/mol. The summed E-state index contributed by atoms with van der Waals surface area (Å²) in [5, 5.41) is 5.55. The highest BCUT2D eigenvalue weighted by atomic mass is 16.7. The minimum Gasteiger partial charge on any atom is -0.454 e. The van der Waals surface area contributed by atoms with Crippen LogP contribution in [0.1, 0.15) is 31.6 Å². The topological polar surface area (TPSA) is 89.6 Å². The first kappa shape index (κ1) is 19.1. The van der Waals surface area contributed by atoms with Gasteiger partial charge in [-0.3, -0.25) is 9.59 Å². The number of hydrogen-bond donors (Lipinski definition) is 2. The monoisotopic (exact) mass is 419 g/mol. The number of carbonyl (C=O) groups excluding carboxylic acids is 2. The van der Waals surface area contributed by atoms with E-state index in [0.29, 0.717) is 22.9 Å². The van der Waals surface area contributed by atoms with Crippen molar-refractivity contribution in [2.24, 2.45) is 0 Å². The zero-order valence-corrected chi connectivity index (χ0v) is 17.0. The molecule has 0 atom stereocenters. The van der Waals surface area contributed by atoms with E-state index in [1.807, 2.05) is 36.4 Å². The predicted octanol–water partition coefficient (Wildman–Crippen LogP) is 4.00. The molecule has 2 amide bonds. The van der Waals surface area contributed by atoms with Gasteiger partial charge < -0.3 is 20.1 Å². The van der Waals surface area contributed by atoms with E-state index < -0.39 is 5.41 Å². The van der Waals surface area contributed by atoms with Crippen LogP contribution in [0, 0.1) is 0 Å². The van der Waals surface area contributed by atoms with Crippen molar-refractivity contribution in [2.45, 2.75) is 18.3 Å². The highest BCUT2D eigenvalue weighted by Gasteiger charge is 2.51. The van der Waals surface area contributed by atoms with Crippen LogP contribution in [-0.2, 0) is 10.2 Å². The number of rotatable bonds is 5. The van der Waals surface area contributed by atoms with E-state index >= 15 is 0 Å². The van der Waals surface area contributed by atoms with Gasteiger partial charge in [0.15, 0.2) is 11.5 Å². The summed E-state index contributed by atoms with van der Waals surface area (Å²) in [5.41, 5.74) is 2.83. The zero-order chi connectivity index (χ0) is 21.4. The lowest BCUT2D eigenvalue weighted by molar-refractivity contribution is -0.118. The molecule has 0 spiro atoms. The van der Waals surface area contributed by atoms with Gasteiger partial charge in [0, 0.05) is 27.2 Å². The van der Waals surface area contributed by atoms with E-state index in [1.54, 1.807) is 31.4 Å². The van der Waals surface area contributed by atoms with Crippen molar-refractivity contribution in [1.29, 1.82) is 0 Å². The standard InChI is InChI=1S/C24H21N3O4.2H2/c1-25-22(28)16-4-2-15(3-5-16)17-6-9-21(26-13-17)27-23(29)24(10-11-24)18-7-8-19-20(12-18)31-14-30-19;;/h2-9,12-13H,10-11,14H2,1H3,(H,25,28)(H,26,27,29);2*1H. The summed E-state index contributed by atoms with van der Waals surface area (Å²) in [6.07, 6.45) is 3.28. The average Bonchev–Trinajstić information content (AvgIpc) is 3.50. The van der Waals surface area contributed by atoms with Crippen molar-refractivity contribution in [1.82, 2.24) is 10.3 Å². The quantitative estimate of drug-likeness (QED) is 0.653. The first-order valence-electron chi connectivity index (χ1n) is 10.1. The van der Waals surface area contributed by atoms with Crippen LogP contribution in [0.15, 0.2) is 60.8 Å². The second kappa shape index (κ2) is 7.43. The van der Waals surface area contributed by atoms with E-state index in [2.05, 4.69) is 15.6 Å². The Kier molecular flexibility index (Phi) is 4.58. The fourth-order valence-electron chi connectivity index (χ4n) is 3.80. The smallest absolute Gasteiger partial charge is 0.251 e. The minimum absolute atomic E-state index is 0. The van der Waals surface area contributed by atoms with Gasteiger partial charge in [0.1, 0.15) is 5.82 Å². The van der Waals surface area contributed by atoms with Crippen LogP contribution >= 0.6 is 0 Å². The molecule has 31 heavy (non-hydrogen) atoms. The molecule has 0 radical (unpaired) electrons. The molecule has 1 aromatic heterocycles. The molecule has 2 N–H and O–H groups in total. The second-order valence-electron chi connectivity index (χ2n) is 7.69. The zero-order valence-electron chi connectivity index (χ0n) is 17.0. The highest BCUT2D eigenvalue weighted by molar-refractivity contribution is 6.01. The van der Waals surface area contributed by atoms with Gasteiger partial charge in [-0.2, -0.15) is 0 Å². The number of ether oxygens (including phenoxy) is 2. The summed E-state index contributed by atoms with van der Waals surface area (Å²) >= 11 is 0. The molecular formula is C24H25N3O4. The van der Waals surface area contributed by atoms with Gasteiger partial charge in [-0.05, 0) is 60.4 Å². The number of benzene rings is 2. The van der Waals surface area contributed by atoms with Gasteiger partial charge in [-0.1, -0.05) is 18.2 Å². The molecule has 2 heterocycles. The summed E-state index contributed by atoms with van der Waals surface area (Å²) in [5.74, 6) is 1.70. The molecule has 3 aromatic rings. The normalized spacial score (nSPS) is 15.3. The van der Waals surface area contributed by atoms with E-state index in [0.717, 1.165) is 29.5 Å². The Morgan fingerprint density at radius 1 is 0.968 bits per heavy atom. The van der Waals surface area contributed by atoms with Gasteiger partial charge in [0.25, 0.3) is 5.91 Å². The third-order valence-corrected chi connectivity index (χ3v) is 5.82. The molecule has 7 nitrogen and oxygen atoms in total. The predicted molar refractivity (Wildman–Crippen MR) is 119 cm³/mol. The van der Waals surface area contributed by atoms with E-state index in [1.165, 1.54) is 0 Å². The summed E-state index contributed by atoms with van der Waals surface area (Å²) in [6.45, 7) is 0.211. The first-order chi connectivity index (χ1) is 15.1. The largest absolute Gasteiger partial charge is 0.454 e. The number of nitrogens with one attached hydrogen (secondary N) is 2. The van der Waals surface area contributed by atoms with Gasteiger partial charge in [0.05, 0.1) is 5.41 Å². The van der Waals surface area contributed by atoms with Gasteiger partial charge in [0.2, 0.25) is 12.7 Å². The SMILES string of the molecule is CNC(=O)c1ccc(-c2ccc(NC(=O)C3(c4ccc5c(c4)OCO5)CC3)nc2)cc1.[HH].[HH]. The van der Waals surface area contributed by atoms with Crippen molar-refractivity contribution < 1.29 is 21.9 Å². The molecule has 0 bridgehead atoms. The molecule has 5 rings (SSSR count). The third-order valence-electron chi connectivity index (χ3n) is 5.82. The fraction of sp³-hybridized carbons (Fsp3) is 0.208. The summed E-state index contributed by atoms with van der Waals surface area (Å²) in [7, 11) is 1.60. The fourth-order valence-corrected chi connectivity index (χ4v) is 3.80. The van der Waals surface area contributed by atoms with Crippen molar-refractivity contribution in [3.63, 3.8) is 0 Å². The van der Waals surface area contributed by atoms with E-state index in [9.17, 15) is 9.59 Å². The highest BCUT2D eigenvalue weighted by Crippen LogP contribution is 2.51. The van der Waals surface area contributed by atoms with E-state index in [-0.39, 0.29) is 21.5 Å². The minimum atomic E-state index is -0.545. The molecular weight excluding hydrogens is 394 g/mol. The van der Waals surface area contributed by atoms with E-state index in [4.69, 9.17) is 9.47 Å². The lowest BCUT2D eigenvalue weighted by Gasteiger charge is -2.16. The number of nitrogens with zero attached hydrogens (tertiary/aromatic N) is 1. The van der Waals surface area contributed by atoms with Crippen LogP contribution in [-0.4, -0.2) is 30.6 Å². The Morgan fingerprint density at radius 3 is 2.39 bits per heavy atom. The van der Waals surface area contributed by atoms with Crippen LogP contribution in [0.4, 0.5) is 5.82 Å². The van der Waals surface area contributed by atoms with Crippen molar-refractivity contribution in [3.05, 3.63) is 71.9 Å². The Hall–Kier alpha value is -3.87. The Morgan fingerprint density at radius 2 is 1.71 bits per heavy atom. The maximum atomic E-state index is 13.0. The van der Waals surface area contributed by atoms with Crippen LogP contribution in [0.5, 0.6) is 11.5 Å². The first-order valence-corrected chi connectivity index (χ1v) is 10.1. The lowest BCUT2D eigenvalue weighted by Crippen LogP contribution is -2.28. The molecule has 1 saturated carbocycles. The van der Waals surface area contributed by atoms with Crippen LogP contribution < -0.4 is 20.1 Å². The number of carbonyl (C=O) groups is 2. The molecule has 1 aliphatic heterocycles. The number of amides is 2. The van der Waals surface area contributed by atoms with Crippen LogP contribution in [0.3, 0.4) is 0 Å². The molecule has 0 saturated heterocycles. The van der Waals surface area contributed by atoms with Crippen molar-refractivity contribution >= 4 is 17.6 Å². The second-order valence-corrected chi connectivity index (χ2v) is 7.69. The molecule has 7 heteroatoms. The van der Waals surface area contributed by atoms with Crippen LogP contribution in [0.25, 0.3) is 11.1 Å². The molecule has 160 valence electrons. The molecule has 0 unspecified atom stereocenters. The van der Waals surface area contributed by atoms with Gasteiger partial charge >= 0.3 is 0 Å². The number of anilines is 1. The number of hydrogen-bond acceptors (Lipinski definition) is 5. The number of fused-ring (bicyclic) bond motifs is 1. The number of pyridine rings is 1. The Labute approximate surface area is 182 Å². The molecule has 1 fully saturated rings. The molecule has 2 aliphatic rings. The summed E-state index contributed by atoms with van der Waals surface area (Å²) in [4.78, 5) is 29.1.